The minimum Gasteiger partial charge on any atom is -0.488 e. The van der Waals surface area contributed by atoms with Crippen molar-refractivity contribution in [2.45, 2.75) is 38.3 Å². The SMILES string of the molecule is CCC(CNC1CC1)Oc1ccc(Cl)cc1Cl. The number of ether oxygens (including phenoxy) is 1. The number of hydrogen-bond acceptors (Lipinski definition) is 2. The van der Waals surface area contributed by atoms with Crippen LogP contribution < -0.4 is 10.1 Å². The fourth-order valence-corrected chi connectivity index (χ4v) is 2.06. The maximum Gasteiger partial charge on any atom is 0.138 e. The molecule has 1 saturated carbocycles. The molecule has 0 heterocycles. The van der Waals surface area contributed by atoms with Crippen LogP contribution in [0.1, 0.15) is 26.2 Å². The van der Waals surface area contributed by atoms with Crippen molar-refractivity contribution in [1.29, 1.82) is 0 Å². The Hall–Kier alpha value is -0.440. The van der Waals surface area contributed by atoms with Crippen molar-refractivity contribution in [3.8, 4) is 5.75 Å². The number of halogens is 2. The normalized spacial score (nSPS) is 16.9. The third-order valence-corrected chi connectivity index (χ3v) is 3.38. The van der Waals surface area contributed by atoms with Crippen molar-refractivity contribution < 1.29 is 4.74 Å². The Morgan fingerprint density at radius 3 is 2.76 bits per heavy atom. The summed E-state index contributed by atoms with van der Waals surface area (Å²) in [7, 11) is 0. The van der Waals surface area contributed by atoms with Crippen molar-refractivity contribution in [2.24, 2.45) is 0 Å². The summed E-state index contributed by atoms with van der Waals surface area (Å²) in [5, 5.41) is 4.67. The van der Waals surface area contributed by atoms with Gasteiger partial charge in [0.25, 0.3) is 0 Å². The Bertz CT molecular complexity index is 380. The second-order valence-corrected chi connectivity index (χ2v) is 5.25. The van der Waals surface area contributed by atoms with Crippen LogP contribution in [0.25, 0.3) is 0 Å². The standard InChI is InChI=1S/C13H17Cl2NO/c1-2-11(8-16-10-4-5-10)17-13-6-3-9(14)7-12(13)15/h3,6-7,10-11,16H,2,4-5,8H2,1H3. The lowest BCUT2D eigenvalue weighted by Crippen LogP contribution is -2.32. The highest BCUT2D eigenvalue weighted by atomic mass is 35.5. The van der Waals surface area contributed by atoms with E-state index < -0.39 is 0 Å². The van der Waals surface area contributed by atoms with E-state index in [0.717, 1.165) is 13.0 Å². The first kappa shape index (κ1) is 13.0. The van der Waals surface area contributed by atoms with E-state index in [-0.39, 0.29) is 6.10 Å². The monoisotopic (exact) mass is 273 g/mol. The third kappa shape index (κ3) is 4.06. The number of hydrogen-bond donors (Lipinski definition) is 1. The molecule has 1 aliphatic rings. The van der Waals surface area contributed by atoms with Crippen LogP contribution >= 0.6 is 23.2 Å². The fourth-order valence-electron chi connectivity index (χ4n) is 1.61. The molecule has 1 aromatic rings. The van der Waals surface area contributed by atoms with Crippen LogP contribution in [0.5, 0.6) is 5.75 Å². The van der Waals surface area contributed by atoms with Crippen molar-refractivity contribution >= 4 is 23.2 Å². The zero-order valence-electron chi connectivity index (χ0n) is 9.88. The summed E-state index contributed by atoms with van der Waals surface area (Å²) < 4.78 is 5.87. The minimum atomic E-state index is 0.161. The summed E-state index contributed by atoms with van der Waals surface area (Å²) >= 11 is 11.9. The lowest BCUT2D eigenvalue weighted by Gasteiger charge is -2.19. The van der Waals surface area contributed by atoms with Gasteiger partial charge in [0, 0.05) is 17.6 Å². The fraction of sp³-hybridized carbons (Fsp3) is 0.538. The molecule has 0 spiro atoms. The summed E-state index contributed by atoms with van der Waals surface area (Å²) in [6, 6.07) is 6.03. The van der Waals surface area contributed by atoms with Crippen molar-refractivity contribution in [3.05, 3.63) is 28.2 Å². The molecule has 1 aliphatic carbocycles. The second-order valence-electron chi connectivity index (χ2n) is 4.41. The van der Waals surface area contributed by atoms with Gasteiger partial charge in [-0.3, -0.25) is 0 Å². The molecule has 0 amide bonds. The van der Waals surface area contributed by atoms with Gasteiger partial charge in [0.2, 0.25) is 0 Å². The molecular weight excluding hydrogens is 257 g/mol. The van der Waals surface area contributed by atoms with Gasteiger partial charge in [-0.1, -0.05) is 30.1 Å². The molecular formula is C13H17Cl2NO. The van der Waals surface area contributed by atoms with E-state index in [0.29, 0.717) is 21.8 Å². The Morgan fingerprint density at radius 2 is 2.18 bits per heavy atom. The topological polar surface area (TPSA) is 21.3 Å². The highest BCUT2D eigenvalue weighted by molar-refractivity contribution is 6.35. The van der Waals surface area contributed by atoms with Crippen LogP contribution in [0.4, 0.5) is 0 Å². The number of benzene rings is 1. The molecule has 94 valence electrons. The first-order chi connectivity index (χ1) is 8.19. The number of nitrogens with one attached hydrogen (secondary N) is 1. The predicted molar refractivity (Wildman–Crippen MR) is 72.2 cm³/mol. The molecule has 1 fully saturated rings. The highest BCUT2D eigenvalue weighted by Gasteiger charge is 2.22. The molecule has 0 aliphatic heterocycles. The van der Waals surface area contributed by atoms with E-state index in [1.165, 1.54) is 12.8 Å². The van der Waals surface area contributed by atoms with Crippen molar-refractivity contribution in [2.75, 3.05) is 6.54 Å². The quantitative estimate of drug-likeness (QED) is 0.849. The largest absolute Gasteiger partial charge is 0.488 e. The van der Waals surface area contributed by atoms with E-state index in [9.17, 15) is 0 Å². The van der Waals surface area contributed by atoms with Gasteiger partial charge in [0.1, 0.15) is 11.9 Å². The average Bonchev–Trinajstić information content (AvgIpc) is 3.11. The van der Waals surface area contributed by atoms with Gasteiger partial charge in [0.15, 0.2) is 0 Å². The van der Waals surface area contributed by atoms with Crippen molar-refractivity contribution in [3.63, 3.8) is 0 Å². The lowest BCUT2D eigenvalue weighted by atomic mass is 10.2. The predicted octanol–water partition coefficient (Wildman–Crippen LogP) is 3.90. The number of rotatable bonds is 6. The molecule has 2 nitrogen and oxygen atoms in total. The average molecular weight is 274 g/mol. The molecule has 1 N–H and O–H groups in total. The lowest BCUT2D eigenvalue weighted by molar-refractivity contribution is 0.193. The zero-order chi connectivity index (χ0) is 12.3. The van der Waals surface area contributed by atoms with E-state index in [1.807, 2.05) is 6.07 Å². The first-order valence-corrected chi connectivity index (χ1v) is 6.79. The van der Waals surface area contributed by atoms with Crippen molar-refractivity contribution in [1.82, 2.24) is 5.32 Å². The van der Waals surface area contributed by atoms with Crippen LogP contribution in [-0.2, 0) is 0 Å². The molecule has 0 bridgehead atoms. The van der Waals surface area contributed by atoms with Gasteiger partial charge in [-0.25, -0.2) is 0 Å². The second kappa shape index (κ2) is 5.94. The van der Waals surface area contributed by atoms with Gasteiger partial charge in [-0.05, 0) is 37.5 Å². The third-order valence-electron chi connectivity index (χ3n) is 2.85. The summed E-state index contributed by atoms with van der Waals surface area (Å²) in [6.45, 7) is 2.99. The van der Waals surface area contributed by atoms with Gasteiger partial charge >= 0.3 is 0 Å². The van der Waals surface area contributed by atoms with Crippen LogP contribution in [0.2, 0.25) is 10.0 Å². The smallest absolute Gasteiger partial charge is 0.138 e. The Balaban J connectivity index is 1.91. The maximum atomic E-state index is 6.08. The maximum absolute atomic E-state index is 6.08. The Morgan fingerprint density at radius 1 is 1.41 bits per heavy atom. The molecule has 1 unspecified atom stereocenters. The van der Waals surface area contributed by atoms with E-state index >= 15 is 0 Å². The molecule has 4 heteroatoms. The van der Waals surface area contributed by atoms with Crippen LogP contribution in [0.3, 0.4) is 0 Å². The molecule has 0 radical (unpaired) electrons. The van der Waals surface area contributed by atoms with E-state index in [4.69, 9.17) is 27.9 Å². The van der Waals surface area contributed by atoms with E-state index in [1.54, 1.807) is 12.1 Å². The zero-order valence-corrected chi connectivity index (χ0v) is 11.4. The van der Waals surface area contributed by atoms with Crippen LogP contribution in [0.15, 0.2) is 18.2 Å². The summed E-state index contributed by atoms with van der Waals surface area (Å²) in [6.07, 6.45) is 3.70. The molecule has 1 aromatic carbocycles. The highest BCUT2D eigenvalue weighted by Crippen LogP contribution is 2.28. The molecule has 1 atom stereocenters. The summed E-state index contributed by atoms with van der Waals surface area (Å²) in [4.78, 5) is 0. The van der Waals surface area contributed by atoms with Gasteiger partial charge in [-0.15, -0.1) is 0 Å². The van der Waals surface area contributed by atoms with Gasteiger partial charge < -0.3 is 10.1 Å². The molecule has 0 aromatic heterocycles. The molecule has 0 saturated heterocycles. The van der Waals surface area contributed by atoms with Crippen LogP contribution in [-0.4, -0.2) is 18.7 Å². The summed E-state index contributed by atoms with van der Waals surface area (Å²) in [5.74, 6) is 0.709. The van der Waals surface area contributed by atoms with Crippen LogP contribution in [0, 0.1) is 0 Å². The Labute approximate surface area is 112 Å². The summed E-state index contributed by atoms with van der Waals surface area (Å²) in [5.41, 5.74) is 0. The first-order valence-electron chi connectivity index (χ1n) is 6.04. The molecule has 17 heavy (non-hydrogen) atoms. The minimum absolute atomic E-state index is 0.161. The Kier molecular flexibility index (Phi) is 4.55. The molecule has 2 rings (SSSR count). The van der Waals surface area contributed by atoms with Gasteiger partial charge in [0.05, 0.1) is 5.02 Å². The van der Waals surface area contributed by atoms with Gasteiger partial charge in [-0.2, -0.15) is 0 Å². The van der Waals surface area contributed by atoms with E-state index in [2.05, 4.69) is 12.2 Å².